The fraction of sp³-hybridized carbons (Fsp3) is 0.429. The summed E-state index contributed by atoms with van der Waals surface area (Å²) in [7, 11) is 0. The third kappa shape index (κ3) is 3.95. The molecule has 0 rings (SSSR count). The van der Waals surface area contributed by atoms with Crippen LogP contribution in [0.3, 0.4) is 0 Å². The van der Waals surface area contributed by atoms with Gasteiger partial charge in [-0.15, -0.1) is 12.6 Å². The highest BCUT2D eigenvalue weighted by molar-refractivity contribution is 7.84. The summed E-state index contributed by atoms with van der Waals surface area (Å²) < 4.78 is 0. The second kappa shape index (κ2) is 4.88. The van der Waals surface area contributed by atoms with Gasteiger partial charge in [0.1, 0.15) is 6.04 Å². The molecule has 0 aliphatic rings. The van der Waals surface area contributed by atoms with E-state index in [0.29, 0.717) is 0 Å². The topological polar surface area (TPSA) is 98.2 Å². The van der Waals surface area contributed by atoms with E-state index in [1.807, 2.05) is 0 Å². The van der Waals surface area contributed by atoms with Gasteiger partial charge in [0.2, 0.25) is 11.8 Å². The number of amides is 2. The third-order valence-electron chi connectivity index (χ3n) is 1.32. The summed E-state index contributed by atoms with van der Waals surface area (Å²) >= 11 is 3.82. The number of hydrogen-bond acceptors (Lipinski definition) is 4. The van der Waals surface area contributed by atoms with Crippen molar-refractivity contribution in [2.24, 2.45) is 11.5 Å². The molecule has 0 bridgehead atoms. The Bertz CT molecular complexity index is 226. The van der Waals surface area contributed by atoms with E-state index in [-0.39, 0.29) is 4.91 Å². The zero-order valence-electron chi connectivity index (χ0n) is 7.28. The Morgan fingerprint density at radius 1 is 1.54 bits per heavy atom. The summed E-state index contributed by atoms with van der Waals surface area (Å²) in [6, 6.07) is -1.67. The Hall–Kier alpha value is -1.01. The molecule has 0 aliphatic carbocycles. The number of carbonyl (C=O) groups is 2. The lowest BCUT2D eigenvalue weighted by atomic mass is 10.2. The Morgan fingerprint density at radius 3 is 2.23 bits per heavy atom. The summed E-state index contributed by atoms with van der Waals surface area (Å²) in [6.45, 7) is 4.89. The molecule has 0 spiro atoms. The molecule has 0 radical (unpaired) electrons. The Kier molecular flexibility index (Phi) is 4.50. The number of rotatable bonds is 4. The molecule has 0 aromatic carbocycles. The number of primary amides is 1. The molecule has 2 atom stereocenters. The maximum absolute atomic E-state index is 11.0. The average molecular weight is 203 g/mol. The van der Waals surface area contributed by atoms with E-state index in [0.717, 1.165) is 0 Å². The van der Waals surface area contributed by atoms with Crippen LogP contribution in [0.1, 0.15) is 6.92 Å². The minimum atomic E-state index is -0.971. The van der Waals surface area contributed by atoms with Gasteiger partial charge in [-0.2, -0.15) is 0 Å². The highest BCUT2D eigenvalue weighted by Gasteiger charge is 2.20. The van der Waals surface area contributed by atoms with Gasteiger partial charge in [-0.05, 0) is 6.92 Å². The van der Waals surface area contributed by atoms with Crippen LogP contribution in [0.2, 0.25) is 0 Å². The fourth-order valence-corrected chi connectivity index (χ4v) is 0.784. The van der Waals surface area contributed by atoms with Crippen LogP contribution in [0.5, 0.6) is 0 Å². The second-order valence-electron chi connectivity index (χ2n) is 2.62. The first-order valence-electron chi connectivity index (χ1n) is 3.59. The lowest BCUT2D eigenvalue weighted by molar-refractivity contribution is -0.126. The van der Waals surface area contributed by atoms with Crippen LogP contribution in [-0.2, 0) is 9.59 Å². The lowest BCUT2D eigenvalue weighted by Gasteiger charge is -2.15. The first-order chi connectivity index (χ1) is 5.86. The van der Waals surface area contributed by atoms with Crippen LogP contribution in [-0.4, -0.2) is 23.9 Å². The van der Waals surface area contributed by atoms with Gasteiger partial charge in [-0.1, -0.05) is 6.58 Å². The molecule has 0 saturated heterocycles. The van der Waals surface area contributed by atoms with E-state index in [1.54, 1.807) is 0 Å². The monoisotopic (exact) mass is 203 g/mol. The zero-order valence-corrected chi connectivity index (χ0v) is 8.17. The number of hydrogen-bond donors (Lipinski definition) is 4. The van der Waals surface area contributed by atoms with Crippen LogP contribution >= 0.6 is 12.6 Å². The largest absolute Gasteiger partial charge is 0.368 e. The van der Waals surface area contributed by atoms with E-state index in [1.165, 1.54) is 6.92 Å². The maximum Gasteiger partial charge on any atom is 0.245 e. The van der Waals surface area contributed by atoms with Crippen molar-refractivity contribution in [1.29, 1.82) is 0 Å². The summed E-state index contributed by atoms with van der Waals surface area (Å²) in [5, 5.41) is 2.30. The Labute approximate surface area is 81.9 Å². The van der Waals surface area contributed by atoms with Crippen molar-refractivity contribution in [3.63, 3.8) is 0 Å². The molecule has 0 fully saturated rings. The molecule has 0 aromatic rings. The molecule has 74 valence electrons. The van der Waals surface area contributed by atoms with Gasteiger partial charge < -0.3 is 16.8 Å². The van der Waals surface area contributed by atoms with E-state index >= 15 is 0 Å². The highest BCUT2D eigenvalue weighted by atomic mass is 32.1. The van der Waals surface area contributed by atoms with Crippen molar-refractivity contribution in [3.8, 4) is 0 Å². The average Bonchev–Trinajstić information content (AvgIpc) is 1.97. The molecule has 0 heterocycles. The summed E-state index contributed by atoms with van der Waals surface area (Å²) in [4.78, 5) is 22.0. The summed E-state index contributed by atoms with van der Waals surface area (Å²) in [6.07, 6.45) is 0. The summed E-state index contributed by atoms with van der Waals surface area (Å²) in [5.74, 6) is -1.19. The van der Waals surface area contributed by atoms with Crippen LogP contribution in [0.25, 0.3) is 0 Å². The minimum Gasteiger partial charge on any atom is -0.368 e. The first kappa shape index (κ1) is 12.0. The molecule has 0 unspecified atom stereocenters. The van der Waals surface area contributed by atoms with Gasteiger partial charge in [0.25, 0.3) is 0 Å². The van der Waals surface area contributed by atoms with Crippen molar-refractivity contribution < 1.29 is 9.59 Å². The lowest BCUT2D eigenvalue weighted by Crippen LogP contribution is -2.49. The second-order valence-corrected chi connectivity index (χ2v) is 3.20. The van der Waals surface area contributed by atoms with Gasteiger partial charge in [-0.25, -0.2) is 0 Å². The van der Waals surface area contributed by atoms with Gasteiger partial charge >= 0.3 is 0 Å². The Balaban J connectivity index is 4.36. The molecule has 13 heavy (non-hydrogen) atoms. The predicted octanol–water partition coefficient (Wildman–Crippen LogP) is -1.25. The van der Waals surface area contributed by atoms with Crippen molar-refractivity contribution in [3.05, 3.63) is 11.5 Å². The fourth-order valence-electron chi connectivity index (χ4n) is 0.592. The number of thiol groups is 1. The van der Waals surface area contributed by atoms with Gasteiger partial charge in [0.05, 0.1) is 6.04 Å². The van der Waals surface area contributed by atoms with E-state index < -0.39 is 23.9 Å². The van der Waals surface area contributed by atoms with Crippen molar-refractivity contribution >= 4 is 24.4 Å². The zero-order chi connectivity index (χ0) is 10.6. The molecule has 5 N–H and O–H groups in total. The predicted molar refractivity (Wildman–Crippen MR) is 52.9 cm³/mol. The van der Waals surface area contributed by atoms with Crippen molar-refractivity contribution in [2.75, 3.05) is 0 Å². The van der Waals surface area contributed by atoms with Gasteiger partial charge in [0, 0.05) is 4.91 Å². The maximum atomic E-state index is 11.0. The molecule has 6 heteroatoms. The van der Waals surface area contributed by atoms with E-state index in [4.69, 9.17) is 11.5 Å². The van der Waals surface area contributed by atoms with Crippen molar-refractivity contribution in [2.45, 2.75) is 19.0 Å². The normalized spacial score (nSPS) is 14.4. The molecule has 0 saturated carbocycles. The molecule has 0 aliphatic heterocycles. The van der Waals surface area contributed by atoms with Crippen LogP contribution < -0.4 is 16.8 Å². The standard InChI is InChI=1S/C7H13N3O2S/c1-3(8)7(12)10-5(4(2)13)6(9)11/h3,5,13H,2,8H2,1H3,(H2,9,11)(H,10,12)/t3-,5+/m1/s1. The number of carbonyl (C=O) groups excluding carboxylic acids is 2. The molecule has 0 aromatic heterocycles. The third-order valence-corrected chi connectivity index (χ3v) is 1.58. The van der Waals surface area contributed by atoms with E-state index in [2.05, 4.69) is 24.5 Å². The smallest absolute Gasteiger partial charge is 0.245 e. The van der Waals surface area contributed by atoms with Crippen molar-refractivity contribution in [1.82, 2.24) is 5.32 Å². The number of nitrogens with two attached hydrogens (primary N) is 2. The Morgan fingerprint density at radius 2 is 2.00 bits per heavy atom. The molecule has 5 nitrogen and oxygen atoms in total. The van der Waals surface area contributed by atoms with Crippen LogP contribution in [0, 0.1) is 0 Å². The van der Waals surface area contributed by atoms with Gasteiger partial charge in [-0.3, -0.25) is 9.59 Å². The molecule has 2 amide bonds. The first-order valence-corrected chi connectivity index (χ1v) is 4.04. The highest BCUT2D eigenvalue weighted by Crippen LogP contribution is 2.03. The SMILES string of the molecule is C=C(S)[C@H](NC(=O)[C@@H](C)N)C(N)=O. The minimum absolute atomic E-state index is 0.182. The quantitative estimate of drug-likeness (QED) is 0.429. The number of nitrogens with one attached hydrogen (secondary N) is 1. The molecular weight excluding hydrogens is 190 g/mol. The van der Waals surface area contributed by atoms with E-state index in [9.17, 15) is 9.59 Å². The molecular formula is C7H13N3O2S. The van der Waals surface area contributed by atoms with Gasteiger partial charge in [0.15, 0.2) is 0 Å². The van der Waals surface area contributed by atoms with Crippen LogP contribution in [0.4, 0.5) is 0 Å². The summed E-state index contributed by atoms with van der Waals surface area (Å²) in [5.41, 5.74) is 10.2. The van der Waals surface area contributed by atoms with Crippen LogP contribution in [0.15, 0.2) is 11.5 Å².